The number of hydrogen-bond acceptors (Lipinski definition) is 6. The largest absolute Gasteiger partial charge is 0.394 e. The maximum Gasteiger partial charge on any atom is 0.191 e. The summed E-state index contributed by atoms with van der Waals surface area (Å²) in [5, 5.41) is 25.4. The van der Waals surface area contributed by atoms with E-state index in [9.17, 15) is 0 Å². The van der Waals surface area contributed by atoms with Crippen molar-refractivity contribution in [3.05, 3.63) is 34.5 Å². The number of nitrogens with zero attached hydrogens (tertiary/aromatic N) is 4. The number of guanidine groups is 1. The number of aromatic nitrogens is 3. The Kier molecular flexibility index (Phi) is 12.2. The van der Waals surface area contributed by atoms with Crippen LogP contribution >= 0.6 is 35.3 Å². The van der Waals surface area contributed by atoms with Gasteiger partial charge >= 0.3 is 0 Å². The minimum atomic E-state index is 0. The molecule has 0 radical (unpaired) electrons. The third-order valence-electron chi connectivity index (χ3n) is 3.40. The van der Waals surface area contributed by atoms with Crippen molar-refractivity contribution in [1.29, 1.82) is 0 Å². The molecule has 2 aromatic heterocycles. The second kappa shape index (κ2) is 13.9. The van der Waals surface area contributed by atoms with Crippen LogP contribution in [0.2, 0.25) is 0 Å². The molecule has 2 aromatic rings. The zero-order valence-electron chi connectivity index (χ0n) is 14.9. The molecule has 2 heterocycles. The zero-order valence-corrected chi connectivity index (χ0v) is 18.1. The summed E-state index contributed by atoms with van der Waals surface area (Å²) in [6, 6.07) is 4.10. The standard InChI is InChI=1S/C16H26N6O2S.HI/c1-2-15-21-20-13-22(15)7-5-17-16(18-6-9-24-10-8-23)19-12-14-4-3-11-25-14;/h3-4,11,13,23H,2,5-10,12H2,1H3,(H2,17,18,19);1H. The summed E-state index contributed by atoms with van der Waals surface area (Å²) in [6.07, 6.45) is 2.61. The smallest absolute Gasteiger partial charge is 0.191 e. The fraction of sp³-hybridized carbons (Fsp3) is 0.562. The number of rotatable bonds is 11. The van der Waals surface area contributed by atoms with Gasteiger partial charge in [-0.25, -0.2) is 4.99 Å². The average Bonchev–Trinajstić information content (AvgIpc) is 3.30. The predicted molar refractivity (Wildman–Crippen MR) is 114 cm³/mol. The lowest BCUT2D eigenvalue weighted by Gasteiger charge is -2.13. The van der Waals surface area contributed by atoms with E-state index < -0.39 is 0 Å². The summed E-state index contributed by atoms with van der Waals surface area (Å²) in [5.41, 5.74) is 0. The lowest BCUT2D eigenvalue weighted by Crippen LogP contribution is -2.40. The molecule has 0 bridgehead atoms. The first-order chi connectivity index (χ1) is 12.3. The average molecular weight is 494 g/mol. The molecular weight excluding hydrogens is 467 g/mol. The van der Waals surface area contributed by atoms with Crippen LogP contribution in [-0.2, 0) is 24.2 Å². The normalized spacial score (nSPS) is 11.2. The van der Waals surface area contributed by atoms with Crippen molar-refractivity contribution in [2.45, 2.75) is 26.4 Å². The number of thiophene rings is 1. The Labute approximate surface area is 175 Å². The van der Waals surface area contributed by atoms with E-state index in [1.807, 2.05) is 16.0 Å². The first-order valence-corrected chi connectivity index (χ1v) is 9.31. The number of ether oxygens (including phenoxy) is 1. The highest BCUT2D eigenvalue weighted by molar-refractivity contribution is 14.0. The van der Waals surface area contributed by atoms with E-state index in [4.69, 9.17) is 9.84 Å². The first kappa shape index (κ1) is 22.8. The maximum atomic E-state index is 8.72. The Bertz CT molecular complexity index is 620. The number of halogens is 1. The summed E-state index contributed by atoms with van der Waals surface area (Å²) in [6.45, 7) is 5.73. The van der Waals surface area contributed by atoms with Gasteiger partial charge in [-0.05, 0) is 11.4 Å². The minimum absolute atomic E-state index is 0. The molecule has 0 saturated heterocycles. The van der Waals surface area contributed by atoms with Gasteiger partial charge < -0.3 is 25.0 Å². The minimum Gasteiger partial charge on any atom is -0.394 e. The Hall–Kier alpha value is -1.24. The van der Waals surface area contributed by atoms with Gasteiger partial charge in [0.25, 0.3) is 0 Å². The van der Waals surface area contributed by atoms with Crippen molar-refractivity contribution in [3.63, 3.8) is 0 Å². The predicted octanol–water partition coefficient (Wildman–Crippen LogP) is 1.26. The van der Waals surface area contributed by atoms with Gasteiger partial charge in [0.1, 0.15) is 12.2 Å². The molecule has 8 nitrogen and oxygen atoms in total. The van der Waals surface area contributed by atoms with Crippen LogP contribution in [0.1, 0.15) is 17.6 Å². The van der Waals surface area contributed by atoms with Crippen LogP contribution in [0.5, 0.6) is 0 Å². The van der Waals surface area contributed by atoms with E-state index >= 15 is 0 Å². The van der Waals surface area contributed by atoms with Gasteiger partial charge in [-0.2, -0.15) is 0 Å². The van der Waals surface area contributed by atoms with E-state index in [1.54, 1.807) is 17.7 Å². The number of aryl methyl sites for hydroxylation is 1. The number of hydrogen-bond donors (Lipinski definition) is 3. The van der Waals surface area contributed by atoms with Gasteiger partial charge in [-0.15, -0.1) is 45.5 Å². The second-order valence-corrected chi connectivity index (χ2v) is 6.26. The molecule has 0 spiro atoms. The lowest BCUT2D eigenvalue weighted by atomic mass is 10.4. The van der Waals surface area contributed by atoms with Crippen LogP contribution < -0.4 is 10.6 Å². The van der Waals surface area contributed by atoms with E-state index in [0.717, 1.165) is 31.3 Å². The molecule has 10 heteroatoms. The third-order valence-corrected chi connectivity index (χ3v) is 4.27. The summed E-state index contributed by atoms with van der Waals surface area (Å²) in [5.74, 6) is 1.72. The van der Waals surface area contributed by atoms with Crippen LogP contribution in [-0.4, -0.2) is 58.7 Å². The van der Waals surface area contributed by atoms with Crippen molar-refractivity contribution in [2.24, 2.45) is 4.99 Å². The van der Waals surface area contributed by atoms with Crippen molar-refractivity contribution < 1.29 is 9.84 Å². The molecule has 0 aliphatic heterocycles. The molecular formula is C16H27IN6O2S. The molecule has 26 heavy (non-hydrogen) atoms. The van der Waals surface area contributed by atoms with Gasteiger partial charge in [0.2, 0.25) is 0 Å². The molecule has 0 amide bonds. The highest BCUT2D eigenvalue weighted by atomic mass is 127. The Morgan fingerprint density at radius 3 is 2.92 bits per heavy atom. The fourth-order valence-corrected chi connectivity index (χ4v) is 2.80. The van der Waals surface area contributed by atoms with E-state index in [0.29, 0.717) is 26.3 Å². The van der Waals surface area contributed by atoms with Gasteiger partial charge in [-0.1, -0.05) is 13.0 Å². The lowest BCUT2D eigenvalue weighted by molar-refractivity contribution is 0.0957. The molecule has 3 N–H and O–H groups in total. The maximum absolute atomic E-state index is 8.72. The van der Waals surface area contributed by atoms with Crippen LogP contribution in [0.4, 0.5) is 0 Å². The second-order valence-electron chi connectivity index (χ2n) is 5.23. The monoisotopic (exact) mass is 494 g/mol. The molecule has 2 rings (SSSR count). The van der Waals surface area contributed by atoms with Crippen molar-refractivity contribution >= 4 is 41.3 Å². The van der Waals surface area contributed by atoms with E-state index in [-0.39, 0.29) is 30.6 Å². The molecule has 0 unspecified atom stereocenters. The number of aliphatic hydroxyl groups excluding tert-OH is 1. The van der Waals surface area contributed by atoms with E-state index in [2.05, 4.69) is 38.8 Å². The molecule has 0 aromatic carbocycles. The van der Waals surface area contributed by atoms with Crippen LogP contribution in [0, 0.1) is 0 Å². The first-order valence-electron chi connectivity index (χ1n) is 8.43. The highest BCUT2D eigenvalue weighted by Gasteiger charge is 2.03. The molecule has 0 aliphatic rings. The third kappa shape index (κ3) is 8.43. The summed E-state index contributed by atoms with van der Waals surface area (Å²) < 4.78 is 7.30. The Morgan fingerprint density at radius 1 is 1.35 bits per heavy atom. The van der Waals surface area contributed by atoms with Gasteiger partial charge in [0.05, 0.1) is 26.4 Å². The Balaban J connectivity index is 0.00000338. The molecule has 0 aliphatic carbocycles. The molecule has 0 fully saturated rings. The van der Waals surface area contributed by atoms with Crippen LogP contribution in [0.3, 0.4) is 0 Å². The van der Waals surface area contributed by atoms with Crippen molar-refractivity contribution in [1.82, 2.24) is 25.4 Å². The fourth-order valence-electron chi connectivity index (χ4n) is 2.18. The topological polar surface area (TPSA) is 96.6 Å². The summed E-state index contributed by atoms with van der Waals surface area (Å²) in [7, 11) is 0. The van der Waals surface area contributed by atoms with Crippen LogP contribution in [0.25, 0.3) is 0 Å². The molecule has 0 atom stereocenters. The van der Waals surface area contributed by atoms with Crippen molar-refractivity contribution in [3.8, 4) is 0 Å². The van der Waals surface area contributed by atoms with Crippen LogP contribution in [0.15, 0.2) is 28.8 Å². The summed E-state index contributed by atoms with van der Waals surface area (Å²) in [4.78, 5) is 5.82. The SMILES string of the molecule is CCc1nncn1CCNC(=NCc1cccs1)NCCOCCO.I. The summed E-state index contributed by atoms with van der Waals surface area (Å²) >= 11 is 1.69. The van der Waals surface area contributed by atoms with Gasteiger partial charge in [-0.3, -0.25) is 0 Å². The number of nitrogens with one attached hydrogen (secondary N) is 2. The van der Waals surface area contributed by atoms with Gasteiger partial charge in [0.15, 0.2) is 5.96 Å². The number of aliphatic imine (C=N–C) groups is 1. The zero-order chi connectivity index (χ0) is 17.7. The quantitative estimate of drug-likeness (QED) is 0.189. The molecule has 0 saturated carbocycles. The van der Waals surface area contributed by atoms with Crippen molar-refractivity contribution in [2.75, 3.05) is 32.9 Å². The van der Waals surface area contributed by atoms with E-state index in [1.165, 1.54) is 4.88 Å². The highest BCUT2D eigenvalue weighted by Crippen LogP contribution is 2.09. The molecule has 146 valence electrons. The number of aliphatic hydroxyl groups is 1. The Morgan fingerprint density at radius 2 is 2.19 bits per heavy atom. The van der Waals surface area contributed by atoms with Gasteiger partial charge in [0, 0.05) is 30.9 Å².